The van der Waals surface area contributed by atoms with Crippen LogP contribution in [0.25, 0.3) is 0 Å². The first-order valence-corrected chi connectivity index (χ1v) is 8.18. The minimum Gasteiger partial charge on any atom is -0.490 e. The average molecular weight is 302 g/mol. The number of hydrogen-bond donors (Lipinski definition) is 2. The third-order valence-corrected chi connectivity index (χ3v) is 5.19. The lowest BCUT2D eigenvalue weighted by atomic mass is 10.2. The lowest BCUT2D eigenvalue weighted by Crippen LogP contribution is -2.38. The van der Waals surface area contributed by atoms with Gasteiger partial charge in [-0.1, -0.05) is 0 Å². The molecule has 1 aromatic heterocycles. The zero-order valence-electron chi connectivity index (χ0n) is 12.5. The van der Waals surface area contributed by atoms with Crippen molar-refractivity contribution in [2.24, 2.45) is 0 Å². The zero-order valence-corrected chi connectivity index (χ0v) is 13.3. The van der Waals surface area contributed by atoms with Gasteiger partial charge in [0, 0.05) is 19.3 Å². The van der Waals surface area contributed by atoms with Gasteiger partial charge < -0.3 is 15.4 Å². The van der Waals surface area contributed by atoms with E-state index in [2.05, 4.69) is 20.6 Å². The van der Waals surface area contributed by atoms with Crippen molar-refractivity contribution in [1.29, 1.82) is 0 Å². The van der Waals surface area contributed by atoms with Crippen LogP contribution in [-0.2, 0) is 9.84 Å². The van der Waals surface area contributed by atoms with Crippen LogP contribution in [0.1, 0.15) is 20.8 Å². The monoisotopic (exact) mass is 302 g/mol. The third kappa shape index (κ3) is 3.72. The number of hydrogen-bond acceptors (Lipinski definition) is 7. The minimum atomic E-state index is -3.17. The van der Waals surface area contributed by atoms with E-state index in [9.17, 15) is 8.42 Å². The standard InChI is InChI=1S/C12H22N4O3S/c1-6-13-10-9(19-4)11(16-8-15-10)14-7-12(2,3)20(5,17)18/h8H,6-7H2,1-5H3,(H2,13,14,15,16). The summed E-state index contributed by atoms with van der Waals surface area (Å²) in [6.45, 7) is 6.19. The van der Waals surface area contributed by atoms with Crippen LogP contribution in [0.15, 0.2) is 6.33 Å². The molecule has 0 amide bonds. The second kappa shape index (κ2) is 6.25. The number of ether oxygens (including phenoxy) is 1. The van der Waals surface area contributed by atoms with E-state index in [-0.39, 0.29) is 6.54 Å². The molecule has 8 heteroatoms. The quantitative estimate of drug-likeness (QED) is 0.780. The third-order valence-electron chi connectivity index (χ3n) is 3.04. The van der Waals surface area contributed by atoms with Gasteiger partial charge in [0.25, 0.3) is 0 Å². The number of anilines is 2. The molecule has 0 atom stereocenters. The van der Waals surface area contributed by atoms with E-state index in [4.69, 9.17) is 4.74 Å². The molecule has 0 fully saturated rings. The van der Waals surface area contributed by atoms with Crippen LogP contribution in [0.2, 0.25) is 0 Å². The summed E-state index contributed by atoms with van der Waals surface area (Å²) >= 11 is 0. The summed E-state index contributed by atoms with van der Waals surface area (Å²) in [5.41, 5.74) is 0. The number of aromatic nitrogens is 2. The molecule has 114 valence electrons. The second-order valence-electron chi connectivity index (χ2n) is 5.02. The molecule has 0 spiro atoms. The summed E-state index contributed by atoms with van der Waals surface area (Å²) in [6, 6.07) is 0. The van der Waals surface area contributed by atoms with Gasteiger partial charge in [0.1, 0.15) is 6.33 Å². The Morgan fingerprint density at radius 3 is 2.25 bits per heavy atom. The average Bonchev–Trinajstić information content (AvgIpc) is 2.35. The molecule has 1 rings (SSSR count). The highest BCUT2D eigenvalue weighted by Crippen LogP contribution is 2.29. The number of rotatable bonds is 7. The predicted octanol–water partition coefficient (Wildman–Crippen LogP) is 1.15. The van der Waals surface area contributed by atoms with Crippen LogP contribution >= 0.6 is 0 Å². The van der Waals surface area contributed by atoms with Gasteiger partial charge in [-0.2, -0.15) is 0 Å². The van der Waals surface area contributed by atoms with Crippen molar-refractivity contribution in [1.82, 2.24) is 9.97 Å². The van der Waals surface area contributed by atoms with Gasteiger partial charge in [-0.25, -0.2) is 18.4 Å². The largest absolute Gasteiger partial charge is 0.490 e. The van der Waals surface area contributed by atoms with Crippen molar-refractivity contribution in [3.63, 3.8) is 0 Å². The van der Waals surface area contributed by atoms with Crippen molar-refractivity contribution in [3.8, 4) is 5.75 Å². The van der Waals surface area contributed by atoms with E-state index in [0.717, 1.165) is 0 Å². The van der Waals surface area contributed by atoms with E-state index in [0.29, 0.717) is 23.9 Å². The summed E-state index contributed by atoms with van der Waals surface area (Å²) in [4.78, 5) is 8.18. The number of nitrogens with zero attached hydrogens (tertiary/aromatic N) is 2. The maximum Gasteiger partial charge on any atom is 0.204 e. The van der Waals surface area contributed by atoms with Gasteiger partial charge in [-0.15, -0.1) is 0 Å². The molecule has 0 aliphatic carbocycles. The molecule has 1 heterocycles. The summed E-state index contributed by atoms with van der Waals surface area (Å²) in [5.74, 6) is 1.51. The Morgan fingerprint density at radius 1 is 1.25 bits per heavy atom. The Balaban J connectivity index is 2.96. The fourth-order valence-electron chi connectivity index (χ4n) is 1.41. The lowest BCUT2D eigenvalue weighted by molar-refractivity contribution is 0.414. The predicted molar refractivity (Wildman–Crippen MR) is 80.2 cm³/mol. The highest BCUT2D eigenvalue weighted by atomic mass is 32.2. The van der Waals surface area contributed by atoms with Gasteiger partial charge in [0.05, 0.1) is 11.9 Å². The van der Waals surface area contributed by atoms with Gasteiger partial charge in [0.15, 0.2) is 21.5 Å². The molecule has 0 saturated heterocycles. The van der Waals surface area contributed by atoms with Crippen LogP contribution < -0.4 is 15.4 Å². The zero-order chi connectivity index (χ0) is 15.4. The maximum absolute atomic E-state index is 11.7. The first-order valence-electron chi connectivity index (χ1n) is 6.29. The van der Waals surface area contributed by atoms with Crippen molar-refractivity contribution in [2.45, 2.75) is 25.5 Å². The molecule has 0 aliphatic heterocycles. The van der Waals surface area contributed by atoms with Crippen LogP contribution in [0, 0.1) is 0 Å². The molecule has 2 N–H and O–H groups in total. The Kier molecular flexibility index (Phi) is 5.15. The van der Waals surface area contributed by atoms with E-state index >= 15 is 0 Å². The first kappa shape index (κ1) is 16.5. The van der Waals surface area contributed by atoms with Gasteiger partial charge in [-0.05, 0) is 20.8 Å². The van der Waals surface area contributed by atoms with E-state index in [1.54, 1.807) is 13.8 Å². The van der Waals surface area contributed by atoms with Crippen molar-refractivity contribution in [3.05, 3.63) is 6.33 Å². The second-order valence-corrected chi connectivity index (χ2v) is 7.67. The molecule has 20 heavy (non-hydrogen) atoms. The Labute approximate surface area is 120 Å². The minimum absolute atomic E-state index is 0.227. The molecule has 0 saturated carbocycles. The van der Waals surface area contributed by atoms with Gasteiger partial charge >= 0.3 is 0 Å². The molecule has 0 bridgehead atoms. The molecule has 0 aromatic carbocycles. The summed E-state index contributed by atoms with van der Waals surface area (Å²) in [7, 11) is -1.65. The summed E-state index contributed by atoms with van der Waals surface area (Å²) < 4.78 is 27.7. The number of nitrogens with one attached hydrogen (secondary N) is 2. The maximum atomic E-state index is 11.7. The van der Waals surface area contributed by atoms with Gasteiger partial charge in [0.2, 0.25) is 5.75 Å². The molecule has 0 unspecified atom stereocenters. The van der Waals surface area contributed by atoms with Gasteiger partial charge in [-0.3, -0.25) is 0 Å². The van der Waals surface area contributed by atoms with E-state index in [1.165, 1.54) is 19.7 Å². The normalized spacial score (nSPS) is 12.1. The summed E-state index contributed by atoms with van der Waals surface area (Å²) in [5, 5.41) is 6.08. The molecular formula is C12H22N4O3S. The van der Waals surface area contributed by atoms with Crippen LogP contribution in [0.4, 0.5) is 11.6 Å². The molecule has 7 nitrogen and oxygen atoms in total. The van der Waals surface area contributed by atoms with Crippen LogP contribution in [-0.4, -0.2) is 49.6 Å². The highest BCUT2D eigenvalue weighted by molar-refractivity contribution is 7.92. The Hall–Kier alpha value is -1.57. The fraction of sp³-hybridized carbons (Fsp3) is 0.667. The molecule has 0 aliphatic rings. The number of methoxy groups -OCH3 is 1. The topological polar surface area (TPSA) is 93.2 Å². The molecule has 0 radical (unpaired) electrons. The molecular weight excluding hydrogens is 280 g/mol. The smallest absolute Gasteiger partial charge is 0.204 e. The number of sulfone groups is 1. The van der Waals surface area contributed by atoms with E-state index < -0.39 is 14.6 Å². The van der Waals surface area contributed by atoms with E-state index in [1.807, 2.05) is 6.92 Å². The highest BCUT2D eigenvalue weighted by Gasteiger charge is 2.30. The Morgan fingerprint density at radius 2 is 1.80 bits per heavy atom. The van der Waals surface area contributed by atoms with Crippen LogP contribution in [0.3, 0.4) is 0 Å². The lowest BCUT2D eigenvalue weighted by Gasteiger charge is -2.23. The Bertz CT molecular complexity index is 558. The fourth-order valence-corrected chi connectivity index (χ4v) is 1.75. The SMILES string of the molecule is CCNc1ncnc(NCC(C)(C)S(C)(=O)=O)c1OC. The van der Waals surface area contributed by atoms with Crippen LogP contribution in [0.5, 0.6) is 5.75 Å². The first-order chi connectivity index (χ1) is 9.23. The van der Waals surface area contributed by atoms with Crippen molar-refractivity contribution < 1.29 is 13.2 Å². The summed E-state index contributed by atoms with van der Waals surface area (Å²) in [6.07, 6.45) is 2.62. The van der Waals surface area contributed by atoms with Crippen molar-refractivity contribution in [2.75, 3.05) is 37.1 Å². The molecule has 1 aromatic rings. The van der Waals surface area contributed by atoms with Crippen molar-refractivity contribution >= 4 is 21.5 Å².